The third-order valence-electron chi connectivity index (χ3n) is 3.86. The SMILES string of the molecule is CC1CCC(=CNc2cccnc2)c2ncc(C(=O)O)c(=O)n21. The fourth-order valence-electron chi connectivity index (χ4n) is 2.62. The monoisotopic (exact) mass is 312 g/mol. The predicted molar refractivity (Wildman–Crippen MR) is 85.2 cm³/mol. The van der Waals surface area contributed by atoms with Gasteiger partial charge in [-0.05, 0) is 31.9 Å². The van der Waals surface area contributed by atoms with Gasteiger partial charge in [0.25, 0.3) is 5.56 Å². The molecule has 1 unspecified atom stereocenters. The van der Waals surface area contributed by atoms with Crippen molar-refractivity contribution >= 4 is 17.2 Å². The van der Waals surface area contributed by atoms with Gasteiger partial charge in [0, 0.05) is 30.2 Å². The van der Waals surface area contributed by atoms with Gasteiger partial charge in [-0.3, -0.25) is 14.3 Å². The molecule has 7 nitrogen and oxygen atoms in total. The number of carboxylic acids is 1. The summed E-state index contributed by atoms with van der Waals surface area (Å²) in [4.78, 5) is 31.7. The molecule has 2 aromatic heterocycles. The van der Waals surface area contributed by atoms with Gasteiger partial charge >= 0.3 is 5.97 Å². The lowest BCUT2D eigenvalue weighted by Gasteiger charge is -2.26. The minimum absolute atomic E-state index is 0.0835. The van der Waals surface area contributed by atoms with Crippen LogP contribution in [0.1, 0.15) is 42.0 Å². The van der Waals surface area contributed by atoms with E-state index in [2.05, 4.69) is 15.3 Å². The molecule has 2 aromatic rings. The maximum Gasteiger partial charge on any atom is 0.342 e. The quantitative estimate of drug-likeness (QED) is 0.901. The van der Waals surface area contributed by atoms with Crippen molar-refractivity contribution in [1.29, 1.82) is 0 Å². The molecule has 23 heavy (non-hydrogen) atoms. The predicted octanol–water partition coefficient (Wildman–Crippen LogP) is 2.14. The number of nitrogens with zero attached hydrogens (tertiary/aromatic N) is 3. The molecule has 0 bridgehead atoms. The van der Waals surface area contributed by atoms with Gasteiger partial charge in [0.15, 0.2) is 0 Å². The zero-order chi connectivity index (χ0) is 16.4. The van der Waals surface area contributed by atoms with Crippen LogP contribution in [0.25, 0.3) is 5.57 Å². The zero-order valence-corrected chi connectivity index (χ0v) is 12.6. The molecule has 7 heteroatoms. The molecule has 0 saturated heterocycles. The molecule has 3 heterocycles. The van der Waals surface area contributed by atoms with E-state index in [1.165, 1.54) is 4.57 Å². The lowest BCUT2D eigenvalue weighted by molar-refractivity contribution is 0.0693. The number of allylic oxidation sites excluding steroid dienone is 1. The number of aromatic nitrogens is 3. The molecule has 3 rings (SSSR count). The van der Waals surface area contributed by atoms with E-state index in [0.29, 0.717) is 5.82 Å². The highest BCUT2D eigenvalue weighted by atomic mass is 16.4. The Morgan fingerprint density at radius 3 is 3.00 bits per heavy atom. The Hall–Kier alpha value is -2.96. The highest BCUT2D eigenvalue weighted by Crippen LogP contribution is 2.29. The summed E-state index contributed by atoms with van der Waals surface area (Å²) >= 11 is 0. The fraction of sp³-hybridized carbons (Fsp3) is 0.250. The Bertz CT molecular complexity index is 827. The fourth-order valence-corrected chi connectivity index (χ4v) is 2.62. The molecular formula is C16H16N4O3. The third kappa shape index (κ3) is 2.85. The van der Waals surface area contributed by atoms with Gasteiger partial charge in [-0.25, -0.2) is 9.78 Å². The van der Waals surface area contributed by atoms with Crippen molar-refractivity contribution in [2.24, 2.45) is 0 Å². The van der Waals surface area contributed by atoms with Crippen molar-refractivity contribution in [3.8, 4) is 0 Å². The number of rotatable bonds is 3. The molecule has 0 fully saturated rings. The summed E-state index contributed by atoms with van der Waals surface area (Å²) in [7, 11) is 0. The van der Waals surface area contributed by atoms with E-state index in [1.807, 2.05) is 19.1 Å². The maximum atomic E-state index is 12.4. The Labute approximate surface area is 132 Å². The number of hydrogen-bond acceptors (Lipinski definition) is 5. The largest absolute Gasteiger partial charge is 0.477 e. The summed E-state index contributed by atoms with van der Waals surface area (Å²) in [5.74, 6) is -0.746. The standard InChI is InChI=1S/C16H16N4O3/c1-10-4-5-11(7-18-12-3-2-6-17-8-12)14-19-9-13(16(22)23)15(21)20(10)14/h2-3,6-10,18H,4-5H2,1H3,(H,22,23). The molecule has 0 spiro atoms. The van der Waals surface area contributed by atoms with E-state index >= 15 is 0 Å². The average molecular weight is 312 g/mol. The van der Waals surface area contributed by atoms with Crippen LogP contribution in [-0.2, 0) is 0 Å². The van der Waals surface area contributed by atoms with Gasteiger partial charge in [-0.1, -0.05) is 0 Å². The van der Waals surface area contributed by atoms with Crippen LogP contribution in [0.2, 0.25) is 0 Å². The normalized spacial score (nSPS) is 18.5. The Morgan fingerprint density at radius 1 is 1.48 bits per heavy atom. The maximum absolute atomic E-state index is 12.4. The van der Waals surface area contributed by atoms with Gasteiger partial charge in [0.1, 0.15) is 11.4 Å². The van der Waals surface area contributed by atoms with Crippen LogP contribution in [0.15, 0.2) is 41.7 Å². The number of aromatic carboxylic acids is 1. The average Bonchev–Trinajstić information content (AvgIpc) is 2.55. The lowest BCUT2D eigenvalue weighted by Crippen LogP contribution is -2.34. The first-order valence-electron chi connectivity index (χ1n) is 7.28. The number of hydrogen-bond donors (Lipinski definition) is 2. The zero-order valence-electron chi connectivity index (χ0n) is 12.6. The van der Waals surface area contributed by atoms with Crippen molar-refractivity contribution in [3.63, 3.8) is 0 Å². The van der Waals surface area contributed by atoms with E-state index < -0.39 is 11.5 Å². The van der Waals surface area contributed by atoms with Crippen molar-refractivity contribution in [1.82, 2.24) is 14.5 Å². The molecule has 1 aliphatic rings. The molecule has 0 amide bonds. The minimum atomic E-state index is -1.26. The molecule has 0 radical (unpaired) electrons. The molecule has 1 atom stereocenters. The van der Waals surface area contributed by atoms with Crippen LogP contribution in [0, 0.1) is 0 Å². The summed E-state index contributed by atoms with van der Waals surface area (Å²) in [5, 5.41) is 12.2. The number of carbonyl (C=O) groups is 1. The second-order valence-electron chi connectivity index (χ2n) is 5.42. The molecule has 1 aliphatic heterocycles. The third-order valence-corrected chi connectivity index (χ3v) is 3.86. The van der Waals surface area contributed by atoms with E-state index in [0.717, 1.165) is 30.3 Å². The summed E-state index contributed by atoms with van der Waals surface area (Å²) in [6.07, 6.45) is 7.81. The minimum Gasteiger partial charge on any atom is -0.477 e. The summed E-state index contributed by atoms with van der Waals surface area (Å²) in [6.45, 7) is 1.89. The van der Waals surface area contributed by atoms with Crippen molar-refractivity contribution in [3.05, 3.63) is 58.7 Å². The topological polar surface area (TPSA) is 97.1 Å². The smallest absolute Gasteiger partial charge is 0.342 e. The summed E-state index contributed by atoms with van der Waals surface area (Å²) < 4.78 is 1.46. The van der Waals surface area contributed by atoms with Crippen LogP contribution in [0.3, 0.4) is 0 Å². The first kappa shape index (κ1) is 15.0. The van der Waals surface area contributed by atoms with Crippen LogP contribution < -0.4 is 10.9 Å². The number of pyridine rings is 1. The Balaban J connectivity index is 2.01. The van der Waals surface area contributed by atoms with E-state index in [-0.39, 0.29) is 11.6 Å². The second kappa shape index (κ2) is 6.04. The van der Waals surface area contributed by atoms with E-state index in [9.17, 15) is 9.59 Å². The Kier molecular flexibility index (Phi) is 3.92. The lowest BCUT2D eigenvalue weighted by atomic mass is 10.0. The Morgan fingerprint density at radius 2 is 2.30 bits per heavy atom. The first-order chi connectivity index (χ1) is 11.1. The van der Waals surface area contributed by atoms with Gasteiger partial charge < -0.3 is 10.4 Å². The number of nitrogens with one attached hydrogen (secondary N) is 1. The van der Waals surface area contributed by atoms with Crippen molar-refractivity contribution in [2.45, 2.75) is 25.8 Å². The van der Waals surface area contributed by atoms with E-state index in [1.54, 1.807) is 18.6 Å². The van der Waals surface area contributed by atoms with Crippen molar-refractivity contribution in [2.75, 3.05) is 5.32 Å². The summed E-state index contributed by atoms with van der Waals surface area (Å²) in [5.41, 5.74) is 0.875. The highest BCUT2D eigenvalue weighted by molar-refractivity contribution is 5.87. The first-order valence-corrected chi connectivity index (χ1v) is 7.28. The van der Waals surface area contributed by atoms with Crippen molar-refractivity contribution < 1.29 is 9.90 Å². The molecule has 0 aliphatic carbocycles. The molecular weight excluding hydrogens is 296 g/mol. The van der Waals surface area contributed by atoms with Crippen LogP contribution in [0.4, 0.5) is 5.69 Å². The summed E-state index contributed by atoms with van der Waals surface area (Å²) in [6, 6.07) is 3.61. The number of anilines is 1. The van der Waals surface area contributed by atoms with Gasteiger partial charge in [0.2, 0.25) is 0 Å². The second-order valence-corrected chi connectivity index (χ2v) is 5.42. The van der Waals surface area contributed by atoms with Crippen LogP contribution in [0.5, 0.6) is 0 Å². The highest BCUT2D eigenvalue weighted by Gasteiger charge is 2.25. The molecule has 0 aromatic carbocycles. The molecule has 2 N–H and O–H groups in total. The van der Waals surface area contributed by atoms with Gasteiger partial charge in [0.05, 0.1) is 11.9 Å². The number of fused-ring (bicyclic) bond motifs is 1. The molecule has 118 valence electrons. The van der Waals surface area contributed by atoms with Crippen LogP contribution in [-0.4, -0.2) is 25.6 Å². The van der Waals surface area contributed by atoms with E-state index in [4.69, 9.17) is 5.11 Å². The van der Waals surface area contributed by atoms with Gasteiger partial charge in [-0.2, -0.15) is 0 Å². The van der Waals surface area contributed by atoms with Gasteiger partial charge in [-0.15, -0.1) is 0 Å². The van der Waals surface area contributed by atoms with Crippen LogP contribution >= 0.6 is 0 Å². The molecule has 0 saturated carbocycles. The number of carboxylic acid groups (broad SMARTS) is 1.